The lowest BCUT2D eigenvalue weighted by atomic mass is 10.1. The maximum Gasteiger partial charge on any atom is 0.226 e. The first-order chi connectivity index (χ1) is 12.2. The van der Waals surface area contributed by atoms with Gasteiger partial charge < -0.3 is 14.5 Å². The monoisotopic (exact) mass is 336 g/mol. The predicted molar refractivity (Wildman–Crippen MR) is 95.4 cm³/mol. The van der Waals surface area contributed by atoms with Gasteiger partial charge in [0.05, 0.1) is 19.2 Å². The van der Waals surface area contributed by atoms with Gasteiger partial charge in [0, 0.05) is 18.5 Å². The van der Waals surface area contributed by atoms with Crippen LogP contribution in [-0.4, -0.2) is 24.5 Å². The molecule has 0 atom stereocenters. The van der Waals surface area contributed by atoms with Crippen LogP contribution in [0.1, 0.15) is 11.3 Å². The normalized spacial score (nSPS) is 10.4. The molecule has 0 bridgehead atoms. The van der Waals surface area contributed by atoms with E-state index in [1.807, 2.05) is 54.6 Å². The molecule has 0 aliphatic rings. The molecule has 0 fully saturated rings. The summed E-state index contributed by atoms with van der Waals surface area (Å²) < 4.78 is 10.7. The first-order valence-electron chi connectivity index (χ1n) is 8.14. The number of ether oxygens (including phenoxy) is 1. The highest BCUT2D eigenvalue weighted by atomic mass is 16.5. The van der Waals surface area contributed by atoms with E-state index < -0.39 is 0 Å². The molecule has 0 radical (unpaired) electrons. The summed E-state index contributed by atoms with van der Waals surface area (Å²) >= 11 is 0. The molecule has 0 aliphatic carbocycles. The predicted octanol–water partition coefficient (Wildman–Crippen LogP) is 3.25. The van der Waals surface area contributed by atoms with E-state index in [1.54, 1.807) is 13.4 Å². The van der Waals surface area contributed by atoms with Gasteiger partial charge in [-0.1, -0.05) is 30.3 Å². The van der Waals surface area contributed by atoms with Gasteiger partial charge in [-0.25, -0.2) is 4.98 Å². The maximum atomic E-state index is 12.0. The summed E-state index contributed by atoms with van der Waals surface area (Å²) in [4.78, 5) is 16.5. The van der Waals surface area contributed by atoms with Crippen LogP contribution >= 0.6 is 0 Å². The Morgan fingerprint density at radius 3 is 2.80 bits per heavy atom. The fourth-order valence-electron chi connectivity index (χ4n) is 2.50. The van der Waals surface area contributed by atoms with Gasteiger partial charge in [-0.15, -0.1) is 0 Å². The van der Waals surface area contributed by atoms with Gasteiger partial charge >= 0.3 is 0 Å². The zero-order chi connectivity index (χ0) is 17.5. The van der Waals surface area contributed by atoms with Gasteiger partial charge in [0.15, 0.2) is 0 Å². The van der Waals surface area contributed by atoms with Crippen LogP contribution in [0.25, 0.3) is 11.5 Å². The molecule has 1 N–H and O–H groups in total. The number of aromatic nitrogens is 1. The van der Waals surface area contributed by atoms with Crippen LogP contribution in [0, 0.1) is 0 Å². The molecular weight excluding hydrogens is 316 g/mol. The fourth-order valence-corrected chi connectivity index (χ4v) is 2.50. The molecule has 2 aromatic carbocycles. The standard InChI is InChI=1S/C20H20N2O3/c1-24-18-9-5-6-15(12-18)13-19(23)21-11-10-17-14-25-20(22-17)16-7-3-2-4-8-16/h2-9,12,14H,10-11,13H2,1H3,(H,21,23). The molecule has 3 aromatic rings. The van der Waals surface area contributed by atoms with E-state index in [2.05, 4.69) is 10.3 Å². The van der Waals surface area contributed by atoms with Crippen molar-refractivity contribution in [2.24, 2.45) is 0 Å². The summed E-state index contributed by atoms with van der Waals surface area (Å²) in [6, 6.07) is 17.2. The molecule has 3 rings (SSSR count). The van der Waals surface area contributed by atoms with Crippen molar-refractivity contribution in [3.8, 4) is 17.2 Å². The van der Waals surface area contributed by atoms with Gasteiger partial charge in [0.1, 0.15) is 12.0 Å². The lowest BCUT2D eigenvalue weighted by Gasteiger charge is -2.05. The molecule has 0 unspecified atom stereocenters. The van der Waals surface area contributed by atoms with Crippen molar-refractivity contribution < 1.29 is 13.9 Å². The summed E-state index contributed by atoms with van der Waals surface area (Å²) in [7, 11) is 1.61. The molecule has 5 nitrogen and oxygen atoms in total. The smallest absolute Gasteiger partial charge is 0.226 e. The van der Waals surface area contributed by atoms with Crippen molar-refractivity contribution in [3.05, 3.63) is 72.1 Å². The number of hydrogen-bond donors (Lipinski definition) is 1. The van der Waals surface area contributed by atoms with Crippen LogP contribution in [0.3, 0.4) is 0 Å². The number of hydrogen-bond acceptors (Lipinski definition) is 4. The summed E-state index contributed by atoms with van der Waals surface area (Å²) in [5, 5.41) is 2.90. The Kier molecular flexibility index (Phi) is 5.46. The lowest BCUT2D eigenvalue weighted by molar-refractivity contribution is -0.120. The van der Waals surface area contributed by atoms with E-state index in [4.69, 9.17) is 9.15 Å². The third-order valence-corrected chi connectivity index (χ3v) is 3.77. The Labute approximate surface area is 146 Å². The van der Waals surface area contributed by atoms with Crippen LogP contribution < -0.4 is 10.1 Å². The van der Waals surface area contributed by atoms with Gasteiger partial charge in [-0.3, -0.25) is 4.79 Å². The Morgan fingerprint density at radius 2 is 2.00 bits per heavy atom. The summed E-state index contributed by atoms with van der Waals surface area (Å²) in [5.41, 5.74) is 2.68. The van der Waals surface area contributed by atoms with Gasteiger partial charge in [0.25, 0.3) is 0 Å². The topological polar surface area (TPSA) is 64.4 Å². The second-order valence-electron chi connectivity index (χ2n) is 5.64. The lowest BCUT2D eigenvalue weighted by Crippen LogP contribution is -2.27. The molecular formula is C20H20N2O3. The van der Waals surface area contributed by atoms with E-state index in [0.29, 0.717) is 25.3 Å². The molecule has 1 heterocycles. The molecule has 5 heteroatoms. The molecule has 1 aromatic heterocycles. The number of carbonyl (C=O) groups excluding carboxylic acids is 1. The summed E-state index contributed by atoms with van der Waals surface area (Å²) in [6.45, 7) is 0.517. The largest absolute Gasteiger partial charge is 0.497 e. The van der Waals surface area contributed by atoms with Crippen LogP contribution in [0.5, 0.6) is 5.75 Å². The number of nitrogens with one attached hydrogen (secondary N) is 1. The van der Waals surface area contributed by atoms with E-state index in [1.165, 1.54) is 0 Å². The highest BCUT2D eigenvalue weighted by Crippen LogP contribution is 2.18. The minimum absolute atomic E-state index is 0.0277. The maximum absolute atomic E-state index is 12.0. The zero-order valence-electron chi connectivity index (χ0n) is 14.1. The molecule has 0 spiro atoms. The second kappa shape index (κ2) is 8.15. The minimum Gasteiger partial charge on any atom is -0.497 e. The quantitative estimate of drug-likeness (QED) is 0.719. The fraction of sp³-hybridized carbons (Fsp3) is 0.200. The number of rotatable bonds is 7. The van der Waals surface area contributed by atoms with Crippen LogP contribution in [0.15, 0.2) is 65.3 Å². The SMILES string of the molecule is COc1cccc(CC(=O)NCCc2coc(-c3ccccc3)n2)c1. The number of oxazole rings is 1. The molecule has 0 saturated carbocycles. The van der Waals surface area contributed by atoms with E-state index in [9.17, 15) is 4.79 Å². The molecule has 128 valence electrons. The first-order valence-corrected chi connectivity index (χ1v) is 8.14. The second-order valence-corrected chi connectivity index (χ2v) is 5.64. The van der Waals surface area contributed by atoms with Crippen molar-refractivity contribution in [1.82, 2.24) is 10.3 Å². The summed E-state index contributed by atoms with van der Waals surface area (Å²) in [6.07, 6.45) is 2.59. The van der Waals surface area contributed by atoms with Crippen LogP contribution in [0.4, 0.5) is 0 Å². The number of nitrogens with zero attached hydrogens (tertiary/aromatic N) is 1. The molecule has 0 aliphatic heterocycles. The molecule has 0 saturated heterocycles. The Morgan fingerprint density at radius 1 is 1.16 bits per heavy atom. The van der Waals surface area contributed by atoms with Crippen molar-refractivity contribution in [3.63, 3.8) is 0 Å². The van der Waals surface area contributed by atoms with Gasteiger partial charge in [0.2, 0.25) is 11.8 Å². The van der Waals surface area contributed by atoms with Crippen molar-refractivity contribution in [2.45, 2.75) is 12.8 Å². The van der Waals surface area contributed by atoms with Crippen LogP contribution in [0.2, 0.25) is 0 Å². The summed E-state index contributed by atoms with van der Waals surface area (Å²) in [5.74, 6) is 1.32. The van der Waals surface area contributed by atoms with Gasteiger partial charge in [-0.2, -0.15) is 0 Å². The number of amides is 1. The van der Waals surface area contributed by atoms with Gasteiger partial charge in [-0.05, 0) is 29.8 Å². The Balaban J connectivity index is 1.48. The average Bonchev–Trinajstić information content (AvgIpc) is 3.11. The zero-order valence-corrected chi connectivity index (χ0v) is 14.1. The average molecular weight is 336 g/mol. The van der Waals surface area contributed by atoms with Crippen molar-refractivity contribution in [1.29, 1.82) is 0 Å². The van der Waals surface area contributed by atoms with Crippen molar-refractivity contribution in [2.75, 3.05) is 13.7 Å². The third-order valence-electron chi connectivity index (χ3n) is 3.77. The molecule has 1 amide bonds. The van der Waals surface area contributed by atoms with Crippen molar-refractivity contribution >= 4 is 5.91 Å². The number of methoxy groups -OCH3 is 1. The minimum atomic E-state index is -0.0277. The van der Waals surface area contributed by atoms with E-state index >= 15 is 0 Å². The number of carbonyl (C=O) groups is 1. The van der Waals surface area contributed by atoms with E-state index in [-0.39, 0.29) is 5.91 Å². The first kappa shape index (κ1) is 16.8. The Hall–Kier alpha value is -3.08. The molecule has 25 heavy (non-hydrogen) atoms. The highest BCUT2D eigenvalue weighted by molar-refractivity contribution is 5.78. The van der Waals surface area contributed by atoms with Crippen LogP contribution in [-0.2, 0) is 17.6 Å². The third kappa shape index (κ3) is 4.70. The van der Waals surface area contributed by atoms with E-state index in [0.717, 1.165) is 22.6 Å². The highest BCUT2D eigenvalue weighted by Gasteiger charge is 2.08. The number of benzene rings is 2. The Bertz CT molecular complexity index is 828.